The van der Waals surface area contributed by atoms with Gasteiger partial charge < -0.3 is 5.32 Å². The molecule has 2 unspecified atom stereocenters. The van der Waals surface area contributed by atoms with Crippen LogP contribution in [0.15, 0.2) is 0 Å². The summed E-state index contributed by atoms with van der Waals surface area (Å²) in [6.45, 7) is 4.87. The Labute approximate surface area is 102 Å². The number of hydrogen-bond donors (Lipinski definition) is 1. The van der Waals surface area contributed by atoms with Crippen LogP contribution in [0.25, 0.3) is 0 Å². The van der Waals surface area contributed by atoms with E-state index in [4.69, 9.17) is 0 Å². The van der Waals surface area contributed by atoms with Crippen molar-refractivity contribution in [2.24, 2.45) is 0 Å². The summed E-state index contributed by atoms with van der Waals surface area (Å²) < 4.78 is 0. The molecule has 0 bridgehead atoms. The van der Waals surface area contributed by atoms with Gasteiger partial charge in [0.15, 0.2) is 0 Å². The van der Waals surface area contributed by atoms with Gasteiger partial charge in [-0.1, -0.05) is 6.92 Å². The molecule has 96 valence electrons. The highest BCUT2D eigenvalue weighted by molar-refractivity contribution is 6.05. The number of likely N-dealkylation sites (N-methyl/N-ethyl adjacent to an activating group) is 2. The molecule has 5 heteroatoms. The Balaban J connectivity index is 2.07. The van der Waals surface area contributed by atoms with Crippen LogP contribution in [0.5, 0.6) is 0 Å². The topological polar surface area (TPSA) is 52.7 Å². The maximum absolute atomic E-state index is 12.0. The number of likely N-dealkylation sites (tertiary alicyclic amines) is 1. The van der Waals surface area contributed by atoms with E-state index in [-0.39, 0.29) is 17.9 Å². The Morgan fingerprint density at radius 2 is 2.24 bits per heavy atom. The number of carbonyl (C=O) groups is 2. The lowest BCUT2D eigenvalue weighted by Crippen LogP contribution is -2.52. The zero-order valence-electron chi connectivity index (χ0n) is 10.6. The molecule has 2 saturated heterocycles. The largest absolute Gasteiger partial charge is 0.315 e. The molecule has 2 aliphatic rings. The van der Waals surface area contributed by atoms with E-state index in [0.717, 1.165) is 32.5 Å². The van der Waals surface area contributed by atoms with Gasteiger partial charge in [0, 0.05) is 19.6 Å². The lowest BCUT2D eigenvalue weighted by atomic mass is 10.0. The highest BCUT2D eigenvalue weighted by Crippen LogP contribution is 2.22. The summed E-state index contributed by atoms with van der Waals surface area (Å²) in [6.07, 6.45) is 2.61. The van der Waals surface area contributed by atoms with E-state index in [0.29, 0.717) is 12.5 Å². The Bertz CT molecular complexity index is 313. The van der Waals surface area contributed by atoms with Crippen molar-refractivity contribution in [3.8, 4) is 0 Å². The van der Waals surface area contributed by atoms with Crippen molar-refractivity contribution in [1.29, 1.82) is 0 Å². The van der Waals surface area contributed by atoms with Crippen LogP contribution in [0, 0.1) is 0 Å². The first-order valence-corrected chi connectivity index (χ1v) is 6.42. The second-order valence-electron chi connectivity index (χ2n) is 4.84. The molecule has 0 spiro atoms. The minimum atomic E-state index is -0.234. The fourth-order valence-corrected chi connectivity index (χ4v) is 2.84. The fraction of sp³-hybridized carbons (Fsp3) is 0.833. The number of nitrogens with zero attached hydrogens (tertiary/aromatic N) is 2. The molecule has 2 atom stereocenters. The number of imide groups is 1. The van der Waals surface area contributed by atoms with Gasteiger partial charge in [0.05, 0.1) is 12.5 Å². The Morgan fingerprint density at radius 1 is 1.47 bits per heavy atom. The van der Waals surface area contributed by atoms with Crippen LogP contribution in [0.3, 0.4) is 0 Å². The number of rotatable bonds is 3. The number of nitrogens with one attached hydrogen (secondary N) is 1. The number of amides is 2. The molecule has 2 amide bonds. The van der Waals surface area contributed by atoms with Gasteiger partial charge in [-0.05, 0) is 25.9 Å². The summed E-state index contributed by atoms with van der Waals surface area (Å²) >= 11 is 0. The Kier molecular flexibility index (Phi) is 3.79. The van der Waals surface area contributed by atoms with Crippen molar-refractivity contribution >= 4 is 11.8 Å². The van der Waals surface area contributed by atoms with Gasteiger partial charge in [-0.3, -0.25) is 19.4 Å². The summed E-state index contributed by atoms with van der Waals surface area (Å²) in [5.41, 5.74) is 0. The van der Waals surface area contributed by atoms with E-state index in [1.807, 2.05) is 0 Å². The SMILES string of the molecule is CCN(C1CCCNC1)C1CC(=O)N(C)C1=O. The summed E-state index contributed by atoms with van der Waals surface area (Å²) in [4.78, 5) is 27.0. The van der Waals surface area contributed by atoms with Crippen LogP contribution in [-0.4, -0.2) is 60.4 Å². The third-order valence-corrected chi connectivity index (χ3v) is 3.86. The standard InChI is InChI=1S/C12H21N3O2/c1-3-15(9-5-4-6-13-8-9)10-7-11(16)14(2)12(10)17/h9-10,13H,3-8H2,1-2H3. The first-order chi connectivity index (χ1) is 8.15. The molecule has 2 rings (SSSR count). The normalized spacial score (nSPS) is 30.4. The van der Waals surface area contributed by atoms with Gasteiger partial charge in [-0.25, -0.2) is 0 Å². The highest BCUT2D eigenvalue weighted by atomic mass is 16.2. The zero-order valence-corrected chi connectivity index (χ0v) is 10.6. The van der Waals surface area contributed by atoms with Crippen molar-refractivity contribution in [3.63, 3.8) is 0 Å². The number of piperidine rings is 1. The van der Waals surface area contributed by atoms with Crippen LogP contribution in [0.1, 0.15) is 26.2 Å². The Morgan fingerprint density at radius 3 is 2.71 bits per heavy atom. The molecule has 5 nitrogen and oxygen atoms in total. The van der Waals surface area contributed by atoms with E-state index in [1.54, 1.807) is 7.05 Å². The molecule has 0 aromatic heterocycles. The second kappa shape index (κ2) is 5.14. The minimum Gasteiger partial charge on any atom is -0.315 e. The van der Waals surface area contributed by atoms with Crippen LogP contribution in [0.2, 0.25) is 0 Å². The summed E-state index contributed by atoms with van der Waals surface area (Å²) in [5, 5.41) is 3.36. The molecular weight excluding hydrogens is 218 g/mol. The average Bonchev–Trinajstić information content (AvgIpc) is 2.60. The van der Waals surface area contributed by atoms with Gasteiger partial charge in [-0.2, -0.15) is 0 Å². The van der Waals surface area contributed by atoms with Crippen LogP contribution < -0.4 is 5.32 Å². The lowest BCUT2D eigenvalue weighted by molar-refractivity contribution is -0.138. The van der Waals surface area contributed by atoms with Crippen molar-refractivity contribution < 1.29 is 9.59 Å². The van der Waals surface area contributed by atoms with E-state index in [1.165, 1.54) is 4.90 Å². The monoisotopic (exact) mass is 239 g/mol. The molecule has 0 aromatic rings. The molecule has 17 heavy (non-hydrogen) atoms. The van der Waals surface area contributed by atoms with E-state index >= 15 is 0 Å². The third-order valence-electron chi connectivity index (χ3n) is 3.86. The van der Waals surface area contributed by atoms with Crippen molar-refractivity contribution in [2.45, 2.75) is 38.3 Å². The van der Waals surface area contributed by atoms with Crippen molar-refractivity contribution in [2.75, 3.05) is 26.7 Å². The fourth-order valence-electron chi connectivity index (χ4n) is 2.84. The van der Waals surface area contributed by atoms with Crippen LogP contribution >= 0.6 is 0 Å². The Hall–Kier alpha value is -0.940. The van der Waals surface area contributed by atoms with Gasteiger partial charge in [0.25, 0.3) is 0 Å². The number of hydrogen-bond acceptors (Lipinski definition) is 4. The molecule has 0 aliphatic carbocycles. The van der Waals surface area contributed by atoms with Gasteiger partial charge in [-0.15, -0.1) is 0 Å². The highest BCUT2D eigenvalue weighted by Gasteiger charge is 2.41. The predicted octanol–water partition coefficient (Wildman–Crippen LogP) is -0.182. The molecule has 2 aliphatic heterocycles. The predicted molar refractivity (Wildman–Crippen MR) is 64.5 cm³/mol. The third kappa shape index (κ3) is 2.35. The first kappa shape index (κ1) is 12.5. The molecule has 0 radical (unpaired) electrons. The summed E-state index contributed by atoms with van der Waals surface area (Å²) in [6, 6.07) is 0.157. The van der Waals surface area contributed by atoms with Gasteiger partial charge >= 0.3 is 0 Å². The molecule has 2 heterocycles. The maximum atomic E-state index is 12.0. The first-order valence-electron chi connectivity index (χ1n) is 6.42. The van der Waals surface area contributed by atoms with Gasteiger partial charge in [0.2, 0.25) is 11.8 Å². The molecular formula is C12H21N3O2. The maximum Gasteiger partial charge on any atom is 0.246 e. The van der Waals surface area contributed by atoms with Crippen LogP contribution in [-0.2, 0) is 9.59 Å². The molecule has 0 saturated carbocycles. The molecule has 2 fully saturated rings. The quantitative estimate of drug-likeness (QED) is 0.694. The minimum absolute atomic E-state index is 0.0394. The average molecular weight is 239 g/mol. The van der Waals surface area contributed by atoms with Crippen LogP contribution in [0.4, 0.5) is 0 Å². The lowest BCUT2D eigenvalue weighted by Gasteiger charge is -2.36. The zero-order chi connectivity index (χ0) is 12.4. The van der Waals surface area contributed by atoms with E-state index in [2.05, 4.69) is 17.1 Å². The number of carbonyl (C=O) groups excluding carboxylic acids is 2. The summed E-state index contributed by atoms with van der Waals surface area (Å²) in [5.74, 6) is -0.0929. The summed E-state index contributed by atoms with van der Waals surface area (Å²) in [7, 11) is 1.58. The molecule has 0 aromatic carbocycles. The van der Waals surface area contributed by atoms with Crippen molar-refractivity contribution in [3.05, 3.63) is 0 Å². The van der Waals surface area contributed by atoms with Gasteiger partial charge in [0.1, 0.15) is 0 Å². The van der Waals surface area contributed by atoms with Crippen molar-refractivity contribution in [1.82, 2.24) is 15.1 Å². The second-order valence-corrected chi connectivity index (χ2v) is 4.84. The smallest absolute Gasteiger partial charge is 0.246 e. The van der Waals surface area contributed by atoms with E-state index in [9.17, 15) is 9.59 Å². The molecule has 1 N–H and O–H groups in total. The van der Waals surface area contributed by atoms with E-state index < -0.39 is 0 Å².